The predicted octanol–water partition coefficient (Wildman–Crippen LogP) is 3.48. The van der Waals surface area contributed by atoms with Crippen LogP contribution in [0.3, 0.4) is 0 Å². The van der Waals surface area contributed by atoms with E-state index in [9.17, 15) is 5.11 Å². The van der Waals surface area contributed by atoms with Crippen LogP contribution in [-0.4, -0.2) is 11.2 Å². The monoisotopic (exact) mass is 256 g/mol. The zero-order valence-corrected chi connectivity index (χ0v) is 9.46. The van der Waals surface area contributed by atoms with Crippen molar-refractivity contribution >= 4 is 15.9 Å². The van der Waals surface area contributed by atoms with Crippen molar-refractivity contribution in [2.75, 3.05) is 0 Å². The highest BCUT2D eigenvalue weighted by Gasteiger charge is 2.17. The summed E-state index contributed by atoms with van der Waals surface area (Å²) in [5, 5.41) is 9.21. The number of rotatable bonds is 2. The molecule has 1 fully saturated rings. The van der Waals surface area contributed by atoms with E-state index >= 15 is 0 Å². The molecular weight excluding hydrogens is 244 g/mol. The Morgan fingerprint density at radius 2 is 2.00 bits per heavy atom. The molecular formula is C11H13BrO2. The first-order chi connectivity index (χ1) is 6.75. The third kappa shape index (κ3) is 2.21. The van der Waals surface area contributed by atoms with Gasteiger partial charge in [0.1, 0.15) is 11.5 Å². The minimum Gasteiger partial charge on any atom is -0.508 e. The molecule has 14 heavy (non-hydrogen) atoms. The number of phenols is 1. The fourth-order valence-corrected chi connectivity index (χ4v) is 2.23. The van der Waals surface area contributed by atoms with Gasteiger partial charge in [0, 0.05) is 0 Å². The molecule has 0 atom stereocenters. The molecule has 1 aliphatic rings. The number of halogens is 1. The smallest absolute Gasteiger partial charge is 0.134 e. The van der Waals surface area contributed by atoms with Crippen LogP contribution in [0.15, 0.2) is 22.7 Å². The van der Waals surface area contributed by atoms with E-state index in [1.807, 2.05) is 0 Å². The first-order valence-electron chi connectivity index (χ1n) is 4.91. The van der Waals surface area contributed by atoms with Crippen LogP contribution in [0.4, 0.5) is 0 Å². The molecule has 0 amide bonds. The molecule has 1 aliphatic carbocycles. The molecule has 1 saturated carbocycles. The summed E-state index contributed by atoms with van der Waals surface area (Å²) in [4.78, 5) is 0. The second kappa shape index (κ2) is 4.22. The van der Waals surface area contributed by atoms with Crippen molar-refractivity contribution < 1.29 is 9.84 Å². The Morgan fingerprint density at radius 1 is 1.29 bits per heavy atom. The van der Waals surface area contributed by atoms with Gasteiger partial charge in [0.2, 0.25) is 0 Å². The van der Waals surface area contributed by atoms with Crippen LogP contribution in [0.25, 0.3) is 0 Å². The van der Waals surface area contributed by atoms with E-state index in [0.29, 0.717) is 6.10 Å². The Morgan fingerprint density at radius 3 is 2.64 bits per heavy atom. The molecule has 76 valence electrons. The summed E-state index contributed by atoms with van der Waals surface area (Å²) in [5.41, 5.74) is 0. The fraction of sp³-hybridized carbons (Fsp3) is 0.455. The van der Waals surface area contributed by atoms with Gasteiger partial charge in [-0.25, -0.2) is 0 Å². The highest BCUT2D eigenvalue weighted by atomic mass is 79.9. The van der Waals surface area contributed by atoms with Crippen molar-refractivity contribution in [3.05, 3.63) is 22.7 Å². The summed E-state index contributed by atoms with van der Waals surface area (Å²) < 4.78 is 6.63. The molecule has 0 aromatic heterocycles. The molecule has 0 aliphatic heterocycles. The maximum atomic E-state index is 9.21. The standard InChI is InChI=1S/C11H13BrO2/c12-10-7-8(13)5-6-11(10)14-9-3-1-2-4-9/h5-7,9,13H,1-4H2. The summed E-state index contributed by atoms with van der Waals surface area (Å²) in [6.45, 7) is 0. The molecule has 2 rings (SSSR count). The molecule has 2 nitrogen and oxygen atoms in total. The topological polar surface area (TPSA) is 29.5 Å². The number of ether oxygens (including phenoxy) is 1. The van der Waals surface area contributed by atoms with Gasteiger partial charge >= 0.3 is 0 Å². The maximum Gasteiger partial charge on any atom is 0.134 e. The highest BCUT2D eigenvalue weighted by molar-refractivity contribution is 9.10. The van der Waals surface area contributed by atoms with E-state index in [1.165, 1.54) is 12.8 Å². The van der Waals surface area contributed by atoms with Crippen molar-refractivity contribution in [1.29, 1.82) is 0 Å². The Hall–Kier alpha value is -0.700. The molecule has 0 spiro atoms. The summed E-state index contributed by atoms with van der Waals surface area (Å²) in [7, 11) is 0. The van der Waals surface area contributed by atoms with Crippen molar-refractivity contribution in [2.24, 2.45) is 0 Å². The van der Waals surface area contributed by atoms with Gasteiger partial charge in [-0.15, -0.1) is 0 Å². The number of hydrogen-bond donors (Lipinski definition) is 1. The second-order valence-electron chi connectivity index (χ2n) is 3.64. The Bertz CT molecular complexity index is 319. The lowest BCUT2D eigenvalue weighted by Crippen LogP contribution is -2.10. The van der Waals surface area contributed by atoms with Crippen LogP contribution >= 0.6 is 15.9 Å². The minimum atomic E-state index is 0.260. The van der Waals surface area contributed by atoms with Crippen molar-refractivity contribution in [1.82, 2.24) is 0 Å². The van der Waals surface area contributed by atoms with Gasteiger partial charge in [-0.1, -0.05) is 0 Å². The van der Waals surface area contributed by atoms with Crippen LogP contribution in [-0.2, 0) is 0 Å². The summed E-state index contributed by atoms with van der Waals surface area (Å²) in [5.74, 6) is 1.09. The highest BCUT2D eigenvalue weighted by Crippen LogP contribution is 2.32. The van der Waals surface area contributed by atoms with Crippen LogP contribution in [0.2, 0.25) is 0 Å². The van der Waals surface area contributed by atoms with Crippen LogP contribution in [0, 0.1) is 0 Å². The van der Waals surface area contributed by atoms with E-state index in [4.69, 9.17) is 4.74 Å². The molecule has 0 bridgehead atoms. The van der Waals surface area contributed by atoms with E-state index in [0.717, 1.165) is 23.1 Å². The first kappa shape index (κ1) is 9.84. The molecule has 1 aromatic carbocycles. The summed E-state index contributed by atoms with van der Waals surface area (Å²) in [6, 6.07) is 5.11. The predicted molar refractivity (Wildman–Crippen MR) is 58.7 cm³/mol. The lowest BCUT2D eigenvalue weighted by Gasteiger charge is -2.14. The number of benzene rings is 1. The third-order valence-electron chi connectivity index (χ3n) is 2.51. The second-order valence-corrected chi connectivity index (χ2v) is 4.49. The molecule has 1 N–H and O–H groups in total. The number of phenolic OH excluding ortho intramolecular Hbond substituents is 1. The average molecular weight is 257 g/mol. The average Bonchev–Trinajstić information content (AvgIpc) is 2.62. The summed E-state index contributed by atoms with van der Waals surface area (Å²) >= 11 is 3.37. The quantitative estimate of drug-likeness (QED) is 0.878. The summed E-state index contributed by atoms with van der Waals surface area (Å²) in [6.07, 6.45) is 5.18. The van der Waals surface area contributed by atoms with Crippen molar-refractivity contribution in [3.63, 3.8) is 0 Å². The Kier molecular flexibility index (Phi) is 2.96. The third-order valence-corrected chi connectivity index (χ3v) is 3.13. The van der Waals surface area contributed by atoms with Gasteiger partial charge < -0.3 is 9.84 Å². The zero-order valence-electron chi connectivity index (χ0n) is 7.87. The van der Waals surface area contributed by atoms with E-state index in [-0.39, 0.29) is 5.75 Å². The van der Waals surface area contributed by atoms with Gasteiger partial charge in [0.25, 0.3) is 0 Å². The van der Waals surface area contributed by atoms with Gasteiger partial charge in [0.05, 0.1) is 10.6 Å². The van der Waals surface area contributed by atoms with Crippen molar-refractivity contribution in [2.45, 2.75) is 31.8 Å². The van der Waals surface area contributed by atoms with Crippen LogP contribution < -0.4 is 4.74 Å². The van der Waals surface area contributed by atoms with Crippen LogP contribution in [0.1, 0.15) is 25.7 Å². The molecule has 1 aromatic rings. The fourth-order valence-electron chi connectivity index (χ4n) is 1.77. The lowest BCUT2D eigenvalue weighted by atomic mass is 10.3. The molecule has 0 unspecified atom stereocenters. The van der Waals surface area contributed by atoms with Gasteiger partial charge in [-0.3, -0.25) is 0 Å². The van der Waals surface area contributed by atoms with Crippen LogP contribution in [0.5, 0.6) is 11.5 Å². The van der Waals surface area contributed by atoms with Gasteiger partial charge in [0.15, 0.2) is 0 Å². The zero-order chi connectivity index (χ0) is 9.97. The Labute approximate surface area is 92.0 Å². The maximum absolute atomic E-state index is 9.21. The largest absolute Gasteiger partial charge is 0.508 e. The molecule has 0 heterocycles. The van der Waals surface area contributed by atoms with Crippen molar-refractivity contribution in [3.8, 4) is 11.5 Å². The Balaban J connectivity index is 2.08. The minimum absolute atomic E-state index is 0.260. The number of hydrogen-bond acceptors (Lipinski definition) is 2. The molecule has 0 radical (unpaired) electrons. The number of aromatic hydroxyl groups is 1. The van der Waals surface area contributed by atoms with Gasteiger partial charge in [-0.05, 0) is 59.8 Å². The first-order valence-corrected chi connectivity index (χ1v) is 5.70. The van der Waals surface area contributed by atoms with Gasteiger partial charge in [-0.2, -0.15) is 0 Å². The normalized spacial score (nSPS) is 17.2. The molecule has 0 saturated heterocycles. The SMILES string of the molecule is Oc1ccc(OC2CCCC2)c(Br)c1. The van der Waals surface area contributed by atoms with E-state index in [2.05, 4.69) is 15.9 Å². The van der Waals surface area contributed by atoms with E-state index in [1.54, 1.807) is 18.2 Å². The molecule has 3 heteroatoms. The van der Waals surface area contributed by atoms with E-state index < -0.39 is 0 Å². The lowest BCUT2D eigenvalue weighted by molar-refractivity contribution is 0.208.